The molecule has 6 nitrogen and oxygen atoms in total. The fourth-order valence-electron chi connectivity index (χ4n) is 1.64. The van der Waals surface area contributed by atoms with Gasteiger partial charge in [-0.25, -0.2) is 0 Å². The van der Waals surface area contributed by atoms with Gasteiger partial charge >= 0.3 is 0 Å². The molecule has 2 N–H and O–H groups in total. The molecule has 1 aromatic rings. The summed E-state index contributed by atoms with van der Waals surface area (Å²) in [6.45, 7) is 3.02. The van der Waals surface area contributed by atoms with Gasteiger partial charge in [-0.3, -0.25) is 4.99 Å². The Hall–Kier alpha value is -0.950. The summed E-state index contributed by atoms with van der Waals surface area (Å²) < 4.78 is 12.1. The summed E-state index contributed by atoms with van der Waals surface area (Å²) in [5.41, 5.74) is 0.976. The molecule has 1 aromatic heterocycles. The molecule has 120 valence electrons. The molecule has 0 unspecified atom stereocenters. The molecule has 0 saturated carbocycles. The van der Waals surface area contributed by atoms with Crippen LogP contribution < -0.4 is 10.6 Å². The normalized spacial score (nSPS) is 11.8. The number of guanidine groups is 1. The van der Waals surface area contributed by atoms with Gasteiger partial charge in [0.25, 0.3) is 0 Å². The number of aromatic nitrogens is 1. The van der Waals surface area contributed by atoms with Gasteiger partial charge < -0.3 is 24.7 Å². The van der Waals surface area contributed by atoms with Crippen molar-refractivity contribution in [2.24, 2.45) is 12.0 Å². The van der Waals surface area contributed by atoms with Gasteiger partial charge in [0.2, 0.25) is 0 Å². The van der Waals surface area contributed by atoms with Crippen molar-refractivity contribution in [2.45, 2.75) is 6.54 Å². The van der Waals surface area contributed by atoms with Crippen LogP contribution in [0, 0.1) is 0 Å². The third kappa shape index (κ3) is 6.13. The lowest BCUT2D eigenvalue weighted by atomic mass is 10.4. The van der Waals surface area contributed by atoms with Crippen LogP contribution in [-0.4, -0.2) is 51.0 Å². The Morgan fingerprint density at radius 1 is 1.29 bits per heavy atom. The lowest BCUT2D eigenvalue weighted by Gasteiger charge is -2.12. The molecule has 0 aromatic carbocycles. The highest BCUT2D eigenvalue weighted by Crippen LogP contribution is 2.24. The number of ether oxygens (including phenoxy) is 2. The van der Waals surface area contributed by atoms with E-state index in [1.807, 2.05) is 17.7 Å². The Morgan fingerprint density at radius 2 is 2.05 bits per heavy atom. The topological polar surface area (TPSA) is 59.8 Å². The molecule has 1 rings (SSSR count). The van der Waals surface area contributed by atoms with E-state index in [0.29, 0.717) is 49.0 Å². The maximum Gasteiger partial charge on any atom is 0.191 e. The highest BCUT2D eigenvalue weighted by molar-refractivity contribution is 6.41. The molecule has 0 saturated heterocycles. The Kier molecular flexibility index (Phi) is 8.52. The quantitative estimate of drug-likeness (QED) is 0.430. The summed E-state index contributed by atoms with van der Waals surface area (Å²) in [5.74, 6) is 0.693. The van der Waals surface area contributed by atoms with Crippen LogP contribution in [0.3, 0.4) is 0 Å². The number of hydrogen-bond donors (Lipinski definition) is 2. The van der Waals surface area contributed by atoms with Gasteiger partial charge in [0, 0.05) is 33.4 Å². The lowest BCUT2D eigenvalue weighted by molar-refractivity contribution is 0.0733. The monoisotopic (exact) mass is 336 g/mol. The van der Waals surface area contributed by atoms with Crippen molar-refractivity contribution in [3.63, 3.8) is 0 Å². The second kappa shape index (κ2) is 9.89. The second-order valence-electron chi connectivity index (χ2n) is 4.29. The standard InChI is InChI=1S/C13H22Cl2N4O2/c1-16-13(17-4-5-21-7-6-20-3)18-9-10-8-11(14)12(15)19(10)2/h8H,4-7,9H2,1-3H3,(H2,16,17,18). The molecule has 0 bridgehead atoms. The number of nitrogens with one attached hydrogen (secondary N) is 2. The molecule has 0 fully saturated rings. The van der Waals surface area contributed by atoms with Crippen LogP contribution in [0.15, 0.2) is 11.1 Å². The van der Waals surface area contributed by atoms with E-state index in [-0.39, 0.29) is 0 Å². The average molecular weight is 337 g/mol. The summed E-state index contributed by atoms with van der Waals surface area (Å²) >= 11 is 12.0. The fourth-order valence-corrected chi connectivity index (χ4v) is 2.06. The first kappa shape index (κ1) is 18.1. The molecule has 0 amide bonds. The summed E-state index contributed by atoms with van der Waals surface area (Å²) in [7, 11) is 5.23. The van der Waals surface area contributed by atoms with E-state index in [1.54, 1.807) is 14.2 Å². The first-order valence-electron chi connectivity index (χ1n) is 6.61. The van der Waals surface area contributed by atoms with E-state index in [9.17, 15) is 0 Å². The fraction of sp³-hybridized carbons (Fsp3) is 0.615. The van der Waals surface area contributed by atoms with Gasteiger partial charge in [0.15, 0.2) is 5.96 Å². The van der Waals surface area contributed by atoms with Gasteiger partial charge in [-0.2, -0.15) is 0 Å². The molecule has 0 spiro atoms. The third-order valence-corrected chi connectivity index (χ3v) is 3.69. The van der Waals surface area contributed by atoms with E-state index in [2.05, 4.69) is 15.6 Å². The maximum atomic E-state index is 6.02. The predicted molar refractivity (Wildman–Crippen MR) is 86.3 cm³/mol. The van der Waals surface area contributed by atoms with Gasteiger partial charge in [0.05, 0.1) is 31.4 Å². The van der Waals surface area contributed by atoms with Crippen molar-refractivity contribution in [3.05, 3.63) is 21.9 Å². The van der Waals surface area contributed by atoms with E-state index < -0.39 is 0 Å². The molecule has 8 heteroatoms. The molecule has 0 radical (unpaired) electrons. The summed E-state index contributed by atoms with van der Waals surface area (Å²) in [6, 6.07) is 1.83. The zero-order valence-corrected chi connectivity index (χ0v) is 14.1. The van der Waals surface area contributed by atoms with Gasteiger partial charge in [0.1, 0.15) is 5.15 Å². The van der Waals surface area contributed by atoms with Crippen molar-refractivity contribution >= 4 is 29.2 Å². The van der Waals surface area contributed by atoms with E-state index in [4.69, 9.17) is 32.7 Å². The van der Waals surface area contributed by atoms with Crippen LogP contribution in [0.4, 0.5) is 0 Å². The Labute approximate surface area is 135 Å². The minimum atomic E-state index is 0.531. The highest BCUT2D eigenvalue weighted by atomic mass is 35.5. The van der Waals surface area contributed by atoms with Crippen LogP contribution in [-0.2, 0) is 23.1 Å². The number of halogens is 2. The van der Waals surface area contributed by atoms with Crippen LogP contribution in [0.25, 0.3) is 0 Å². The van der Waals surface area contributed by atoms with Crippen molar-refractivity contribution in [1.29, 1.82) is 0 Å². The zero-order chi connectivity index (χ0) is 15.7. The molecular formula is C13H22Cl2N4O2. The minimum Gasteiger partial charge on any atom is -0.382 e. The Balaban J connectivity index is 2.30. The van der Waals surface area contributed by atoms with Crippen molar-refractivity contribution in [3.8, 4) is 0 Å². The predicted octanol–water partition coefficient (Wildman–Crippen LogP) is 1.66. The maximum absolute atomic E-state index is 6.02. The number of hydrogen-bond acceptors (Lipinski definition) is 3. The molecule has 21 heavy (non-hydrogen) atoms. The number of aliphatic imine (C=N–C) groups is 1. The van der Waals surface area contributed by atoms with Crippen molar-refractivity contribution in [1.82, 2.24) is 15.2 Å². The van der Waals surface area contributed by atoms with Crippen LogP contribution in [0.2, 0.25) is 10.2 Å². The number of nitrogens with zero attached hydrogens (tertiary/aromatic N) is 2. The molecule has 0 aliphatic rings. The molecule has 0 atom stereocenters. The SMILES string of the molecule is CN=C(NCCOCCOC)NCc1cc(Cl)c(Cl)n1C. The molecule has 0 aliphatic heterocycles. The smallest absolute Gasteiger partial charge is 0.191 e. The molecule has 1 heterocycles. The van der Waals surface area contributed by atoms with Crippen LogP contribution in [0.5, 0.6) is 0 Å². The zero-order valence-electron chi connectivity index (χ0n) is 12.6. The van der Waals surface area contributed by atoms with Crippen molar-refractivity contribution < 1.29 is 9.47 Å². The summed E-state index contributed by atoms with van der Waals surface area (Å²) in [4.78, 5) is 4.13. The summed E-state index contributed by atoms with van der Waals surface area (Å²) in [6.07, 6.45) is 0. The highest BCUT2D eigenvalue weighted by Gasteiger charge is 2.09. The molecular weight excluding hydrogens is 315 g/mol. The average Bonchev–Trinajstić information content (AvgIpc) is 2.73. The largest absolute Gasteiger partial charge is 0.382 e. The first-order chi connectivity index (χ1) is 10.1. The summed E-state index contributed by atoms with van der Waals surface area (Å²) in [5, 5.41) is 7.42. The Morgan fingerprint density at radius 3 is 2.62 bits per heavy atom. The van der Waals surface area contributed by atoms with Crippen LogP contribution in [0.1, 0.15) is 5.69 Å². The van der Waals surface area contributed by atoms with E-state index >= 15 is 0 Å². The second-order valence-corrected chi connectivity index (χ2v) is 5.06. The van der Waals surface area contributed by atoms with E-state index in [1.165, 1.54) is 0 Å². The molecule has 0 aliphatic carbocycles. The third-order valence-electron chi connectivity index (χ3n) is 2.85. The Bertz CT molecular complexity index is 463. The van der Waals surface area contributed by atoms with Gasteiger partial charge in [-0.05, 0) is 6.07 Å². The van der Waals surface area contributed by atoms with Crippen LogP contribution >= 0.6 is 23.2 Å². The number of rotatable bonds is 8. The number of methoxy groups -OCH3 is 1. The minimum absolute atomic E-state index is 0.531. The van der Waals surface area contributed by atoms with Gasteiger partial charge in [-0.1, -0.05) is 23.2 Å². The van der Waals surface area contributed by atoms with Gasteiger partial charge in [-0.15, -0.1) is 0 Å². The lowest BCUT2D eigenvalue weighted by Crippen LogP contribution is -2.38. The van der Waals surface area contributed by atoms with Crippen molar-refractivity contribution in [2.75, 3.05) is 40.5 Å². The van der Waals surface area contributed by atoms with E-state index in [0.717, 1.165) is 5.69 Å². The first-order valence-corrected chi connectivity index (χ1v) is 7.36.